The highest BCUT2D eigenvalue weighted by molar-refractivity contribution is 9.12. The first kappa shape index (κ1) is 22.0. The molecule has 0 spiro atoms. The smallest absolute Gasteiger partial charge is 0.147 e. The molecule has 0 radical (unpaired) electrons. The average molecular weight is 578 g/mol. The van der Waals surface area contributed by atoms with Crippen molar-refractivity contribution in [3.8, 4) is 5.75 Å². The monoisotopic (exact) mass is 574 g/mol. The van der Waals surface area contributed by atoms with Crippen molar-refractivity contribution in [3.05, 3.63) is 26.6 Å². The minimum absolute atomic E-state index is 0.312. The van der Waals surface area contributed by atoms with Crippen molar-refractivity contribution in [3.63, 3.8) is 0 Å². The van der Waals surface area contributed by atoms with Gasteiger partial charge in [0.25, 0.3) is 0 Å². The van der Waals surface area contributed by atoms with Gasteiger partial charge in [-0.2, -0.15) is 0 Å². The summed E-state index contributed by atoms with van der Waals surface area (Å²) in [5.74, 6) is 1.72. The van der Waals surface area contributed by atoms with E-state index in [1.807, 2.05) is 0 Å². The Kier molecular flexibility index (Phi) is 11.8. The summed E-state index contributed by atoms with van der Waals surface area (Å²) >= 11 is 14.3. The molecule has 0 fully saturated rings. The molecule has 0 amide bonds. The Bertz CT molecular complexity index is 439. The zero-order chi connectivity index (χ0) is 17.2. The SMILES string of the molecule is CC(C)CCCCCCc1cc(Br)c(OCC(Br)CBr)c(Br)c1. The van der Waals surface area contributed by atoms with Gasteiger partial charge >= 0.3 is 0 Å². The predicted molar refractivity (Wildman–Crippen MR) is 115 cm³/mol. The van der Waals surface area contributed by atoms with Crippen molar-refractivity contribution in [2.45, 2.75) is 57.2 Å². The van der Waals surface area contributed by atoms with Gasteiger partial charge in [-0.3, -0.25) is 0 Å². The fourth-order valence-electron chi connectivity index (χ4n) is 2.35. The summed E-state index contributed by atoms with van der Waals surface area (Å²) in [6, 6.07) is 4.37. The van der Waals surface area contributed by atoms with Crippen LogP contribution < -0.4 is 4.74 Å². The Morgan fingerprint density at radius 2 is 1.61 bits per heavy atom. The maximum Gasteiger partial charge on any atom is 0.147 e. The molecule has 0 N–H and O–H groups in total. The predicted octanol–water partition coefficient (Wildman–Crippen LogP) is 7.90. The Hall–Kier alpha value is 0.940. The maximum atomic E-state index is 5.88. The van der Waals surface area contributed by atoms with Crippen LogP contribution in [-0.2, 0) is 6.42 Å². The first-order valence-electron chi connectivity index (χ1n) is 8.24. The van der Waals surface area contributed by atoms with Crippen LogP contribution in [-0.4, -0.2) is 16.8 Å². The van der Waals surface area contributed by atoms with Gasteiger partial charge in [-0.05, 0) is 68.3 Å². The van der Waals surface area contributed by atoms with Crippen LogP contribution in [0.25, 0.3) is 0 Å². The van der Waals surface area contributed by atoms with Crippen molar-refractivity contribution in [2.75, 3.05) is 11.9 Å². The number of halogens is 4. The molecule has 1 aromatic rings. The van der Waals surface area contributed by atoms with Gasteiger partial charge in [0.15, 0.2) is 0 Å². The first-order chi connectivity index (χ1) is 10.9. The van der Waals surface area contributed by atoms with Gasteiger partial charge in [0, 0.05) is 5.33 Å². The van der Waals surface area contributed by atoms with Crippen LogP contribution >= 0.6 is 63.7 Å². The normalized spacial score (nSPS) is 12.7. The molecule has 1 rings (SSSR count). The second-order valence-electron chi connectivity index (χ2n) is 6.30. The molecule has 0 bridgehead atoms. The molecule has 5 heteroatoms. The summed E-state index contributed by atoms with van der Waals surface area (Å²) in [5, 5.41) is 0.872. The van der Waals surface area contributed by atoms with Gasteiger partial charge in [-0.1, -0.05) is 71.4 Å². The summed E-state index contributed by atoms with van der Waals surface area (Å²) < 4.78 is 7.93. The lowest BCUT2D eigenvalue weighted by Gasteiger charge is -2.14. The van der Waals surface area contributed by atoms with Crippen LogP contribution in [0.1, 0.15) is 51.5 Å². The number of aryl methyl sites for hydroxylation is 1. The summed E-state index contributed by atoms with van der Waals surface area (Å²) in [4.78, 5) is 0.312. The Morgan fingerprint density at radius 1 is 1.00 bits per heavy atom. The molecule has 0 heterocycles. The van der Waals surface area contributed by atoms with E-state index in [1.54, 1.807) is 0 Å². The van der Waals surface area contributed by atoms with E-state index in [4.69, 9.17) is 4.74 Å². The summed E-state index contributed by atoms with van der Waals surface area (Å²) in [7, 11) is 0. The van der Waals surface area contributed by atoms with Crippen molar-refractivity contribution < 1.29 is 4.74 Å². The number of hydrogen-bond acceptors (Lipinski definition) is 1. The van der Waals surface area contributed by atoms with Crippen molar-refractivity contribution >= 4 is 63.7 Å². The minimum Gasteiger partial charge on any atom is -0.490 e. The number of unbranched alkanes of at least 4 members (excludes halogenated alkanes) is 3. The average Bonchev–Trinajstić information content (AvgIpc) is 2.49. The Labute approximate surface area is 174 Å². The van der Waals surface area contributed by atoms with E-state index in [2.05, 4.69) is 89.7 Å². The summed E-state index contributed by atoms with van der Waals surface area (Å²) in [5.41, 5.74) is 1.36. The molecule has 0 saturated carbocycles. The van der Waals surface area contributed by atoms with Crippen molar-refractivity contribution in [2.24, 2.45) is 5.92 Å². The van der Waals surface area contributed by atoms with Crippen molar-refractivity contribution in [1.82, 2.24) is 0 Å². The van der Waals surface area contributed by atoms with E-state index < -0.39 is 0 Å². The van der Waals surface area contributed by atoms with Gasteiger partial charge < -0.3 is 4.74 Å². The standard InChI is InChI=1S/C18H26Br4O/c1-13(2)7-5-3-4-6-8-14-9-16(21)18(17(22)10-14)23-12-15(20)11-19/h9-10,13,15H,3-8,11-12H2,1-2H3. The van der Waals surface area contributed by atoms with E-state index >= 15 is 0 Å². The van der Waals surface area contributed by atoms with Crippen LogP contribution in [0.4, 0.5) is 0 Å². The summed E-state index contributed by atoms with van der Waals surface area (Å²) in [6.07, 6.45) is 7.76. The molecule has 1 aromatic carbocycles. The molecule has 23 heavy (non-hydrogen) atoms. The van der Waals surface area contributed by atoms with Crippen LogP contribution in [0.3, 0.4) is 0 Å². The quantitative estimate of drug-likeness (QED) is 0.192. The highest BCUT2D eigenvalue weighted by Gasteiger charge is 2.11. The van der Waals surface area contributed by atoms with Gasteiger partial charge in [-0.15, -0.1) is 0 Å². The summed E-state index contributed by atoms with van der Waals surface area (Å²) in [6.45, 7) is 5.24. The highest BCUT2D eigenvalue weighted by Crippen LogP contribution is 2.35. The zero-order valence-corrected chi connectivity index (χ0v) is 20.2. The lowest BCUT2D eigenvalue weighted by atomic mass is 10.0. The maximum absolute atomic E-state index is 5.88. The van der Waals surface area contributed by atoms with Crippen LogP contribution in [0.2, 0.25) is 0 Å². The largest absolute Gasteiger partial charge is 0.490 e. The molecule has 0 aromatic heterocycles. The van der Waals surface area contributed by atoms with E-state index in [0.29, 0.717) is 11.4 Å². The zero-order valence-electron chi connectivity index (χ0n) is 13.9. The van der Waals surface area contributed by atoms with Gasteiger partial charge in [0.1, 0.15) is 12.4 Å². The molecule has 0 aliphatic carbocycles. The molecule has 0 saturated heterocycles. The highest BCUT2D eigenvalue weighted by atomic mass is 79.9. The third-order valence-electron chi connectivity index (χ3n) is 3.63. The Morgan fingerprint density at radius 3 is 2.17 bits per heavy atom. The molecular formula is C18H26Br4O. The number of rotatable bonds is 11. The lowest BCUT2D eigenvalue weighted by Crippen LogP contribution is -2.12. The molecular weight excluding hydrogens is 552 g/mol. The third kappa shape index (κ3) is 9.27. The van der Waals surface area contributed by atoms with Crippen molar-refractivity contribution in [1.29, 1.82) is 0 Å². The Balaban J connectivity index is 2.43. The number of benzene rings is 1. The van der Waals surface area contributed by atoms with Crippen LogP contribution in [0.15, 0.2) is 21.1 Å². The molecule has 0 aliphatic rings. The number of hydrogen-bond donors (Lipinski definition) is 0. The van der Waals surface area contributed by atoms with Crippen LogP contribution in [0, 0.1) is 5.92 Å². The van der Waals surface area contributed by atoms with Gasteiger partial charge in [0.05, 0.1) is 13.8 Å². The fourth-order valence-corrected chi connectivity index (χ4v) is 4.18. The second kappa shape index (κ2) is 12.3. The van der Waals surface area contributed by atoms with E-state index in [1.165, 1.54) is 37.7 Å². The van der Waals surface area contributed by atoms with Gasteiger partial charge in [0.2, 0.25) is 0 Å². The minimum atomic E-state index is 0.312. The van der Waals surface area contributed by atoms with E-state index in [-0.39, 0.29) is 0 Å². The number of ether oxygens (including phenoxy) is 1. The topological polar surface area (TPSA) is 9.23 Å². The molecule has 1 atom stereocenters. The number of alkyl halides is 2. The van der Waals surface area contributed by atoms with E-state index in [0.717, 1.165) is 32.4 Å². The first-order valence-corrected chi connectivity index (χ1v) is 11.9. The molecule has 1 unspecified atom stereocenters. The molecule has 0 aliphatic heterocycles. The lowest BCUT2D eigenvalue weighted by molar-refractivity contribution is 0.321. The van der Waals surface area contributed by atoms with Crippen LogP contribution in [0.5, 0.6) is 5.75 Å². The van der Waals surface area contributed by atoms with E-state index in [9.17, 15) is 0 Å². The fraction of sp³-hybridized carbons (Fsp3) is 0.667. The molecule has 132 valence electrons. The van der Waals surface area contributed by atoms with Gasteiger partial charge in [-0.25, -0.2) is 0 Å². The third-order valence-corrected chi connectivity index (χ3v) is 7.05. The second-order valence-corrected chi connectivity index (χ2v) is 9.95. The molecule has 1 nitrogen and oxygen atoms in total.